The van der Waals surface area contributed by atoms with Gasteiger partial charge in [0.2, 0.25) is 0 Å². The molecule has 0 N–H and O–H groups in total. The normalized spacial score (nSPS) is 11.5. The first-order valence-corrected chi connectivity index (χ1v) is 6.59. The third kappa shape index (κ3) is 4.66. The summed E-state index contributed by atoms with van der Waals surface area (Å²) in [5, 5.41) is 1.60. The number of hydrogen-bond acceptors (Lipinski definition) is 1. The van der Waals surface area contributed by atoms with Crippen molar-refractivity contribution in [3.63, 3.8) is 0 Å². The zero-order valence-corrected chi connectivity index (χ0v) is 11.8. The summed E-state index contributed by atoms with van der Waals surface area (Å²) in [5.41, 5.74) is 0. The summed E-state index contributed by atoms with van der Waals surface area (Å²) in [5.74, 6) is 0.837. The van der Waals surface area contributed by atoms with Crippen LogP contribution in [0.4, 0.5) is 0 Å². The Kier molecular flexibility index (Phi) is 5.89. The van der Waals surface area contributed by atoms with Crippen molar-refractivity contribution in [2.75, 3.05) is 11.9 Å². The molecule has 0 saturated heterocycles. The van der Waals surface area contributed by atoms with E-state index in [0.717, 1.165) is 16.1 Å². The zero-order valence-electron chi connectivity index (χ0n) is 7.34. The highest BCUT2D eigenvalue weighted by Gasteiger charge is 1.92. The van der Waals surface area contributed by atoms with Crippen LogP contribution in [0.15, 0.2) is 33.9 Å². The second-order valence-corrected chi connectivity index (χ2v) is 4.93. The molecular weight excluding hydrogens is 378 g/mol. The summed E-state index contributed by atoms with van der Waals surface area (Å²) in [6, 6.07) is 7.35. The lowest BCUT2D eigenvalue weighted by Gasteiger charge is -2.02. The molecule has 0 aliphatic heterocycles. The lowest BCUT2D eigenvalue weighted by atomic mass is 10.3. The molecular formula is C10H9BrClIO. The van der Waals surface area contributed by atoms with Crippen LogP contribution in [-0.4, -0.2) is 11.9 Å². The maximum Gasteiger partial charge on any atom is 0.119 e. The van der Waals surface area contributed by atoms with Gasteiger partial charge in [0.15, 0.2) is 0 Å². The fraction of sp³-hybridized carbons (Fsp3) is 0.200. The van der Waals surface area contributed by atoms with Gasteiger partial charge < -0.3 is 4.74 Å². The van der Waals surface area contributed by atoms with E-state index in [-0.39, 0.29) is 0 Å². The van der Waals surface area contributed by atoms with Crippen LogP contribution in [0.3, 0.4) is 0 Å². The number of hydrogen-bond donors (Lipinski definition) is 0. The molecule has 0 aliphatic rings. The SMILES string of the molecule is Clc1ccc(OC/C=C(\I)CBr)cc1. The van der Waals surface area contributed by atoms with Crippen molar-refractivity contribution in [1.82, 2.24) is 0 Å². The number of allylic oxidation sites excluding steroid dienone is 1. The maximum absolute atomic E-state index is 5.74. The third-order valence-electron chi connectivity index (χ3n) is 1.50. The number of ether oxygens (including phenoxy) is 1. The minimum atomic E-state index is 0.589. The van der Waals surface area contributed by atoms with E-state index >= 15 is 0 Å². The van der Waals surface area contributed by atoms with E-state index in [4.69, 9.17) is 16.3 Å². The summed E-state index contributed by atoms with van der Waals surface area (Å²) >= 11 is 11.4. The molecule has 0 unspecified atom stereocenters. The fourth-order valence-corrected chi connectivity index (χ4v) is 1.35. The van der Waals surface area contributed by atoms with Crippen molar-refractivity contribution in [3.8, 4) is 5.75 Å². The number of rotatable bonds is 4. The van der Waals surface area contributed by atoms with E-state index in [1.165, 1.54) is 3.58 Å². The first-order chi connectivity index (χ1) is 6.72. The van der Waals surface area contributed by atoms with Crippen LogP contribution in [0.25, 0.3) is 0 Å². The second kappa shape index (κ2) is 6.69. The molecule has 1 aromatic rings. The Morgan fingerprint density at radius 3 is 2.64 bits per heavy atom. The maximum atomic E-state index is 5.74. The molecule has 0 fully saturated rings. The molecule has 0 aromatic heterocycles. The standard InChI is InChI=1S/C10H9BrClIO/c11-7-9(13)5-6-14-10-3-1-8(12)2-4-10/h1-5H,6-7H2/b9-5-. The predicted molar refractivity (Wildman–Crippen MR) is 72.8 cm³/mol. The van der Waals surface area contributed by atoms with Gasteiger partial charge in [-0.1, -0.05) is 27.5 Å². The van der Waals surface area contributed by atoms with Gasteiger partial charge in [0.25, 0.3) is 0 Å². The number of benzene rings is 1. The summed E-state index contributed by atoms with van der Waals surface area (Å²) in [4.78, 5) is 0. The molecule has 0 heterocycles. The molecule has 0 aliphatic carbocycles. The van der Waals surface area contributed by atoms with Crippen LogP contribution in [-0.2, 0) is 0 Å². The molecule has 1 aromatic carbocycles. The van der Waals surface area contributed by atoms with E-state index in [1.54, 1.807) is 0 Å². The summed E-state index contributed by atoms with van der Waals surface area (Å²) in [6.45, 7) is 0.589. The lowest BCUT2D eigenvalue weighted by molar-refractivity contribution is 0.362. The van der Waals surface area contributed by atoms with E-state index in [2.05, 4.69) is 38.5 Å². The van der Waals surface area contributed by atoms with Gasteiger partial charge in [-0.25, -0.2) is 0 Å². The van der Waals surface area contributed by atoms with Crippen LogP contribution >= 0.6 is 50.1 Å². The van der Waals surface area contributed by atoms with Gasteiger partial charge in [-0.15, -0.1) is 0 Å². The molecule has 76 valence electrons. The van der Waals surface area contributed by atoms with Crippen molar-refractivity contribution >= 4 is 50.1 Å². The lowest BCUT2D eigenvalue weighted by Crippen LogP contribution is -1.93. The topological polar surface area (TPSA) is 9.23 Å². The average molecular weight is 387 g/mol. The minimum Gasteiger partial charge on any atom is -0.490 e. The van der Waals surface area contributed by atoms with E-state index in [0.29, 0.717) is 6.61 Å². The average Bonchev–Trinajstić information content (AvgIpc) is 2.21. The Hall–Kier alpha value is 0.260. The summed E-state index contributed by atoms with van der Waals surface area (Å²) in [7, 11) is 0. The molecule has 0 saturated carbocycles. The first kappa shape index (κ1) is 12.3. The third-order valence-corrected chi connectivity index (χ3v) is 4.22. The quantitative estimate of drug-likeness (QED) is 0.549. The monoisotopic (exact) mass is 386 g/mol. The van der Waals surface area contributed by atoms with E-state index < -0.39 is 0 Å². The van der Waals surface area contributed by atoms with Crippen LogP contribution in [0.5, 0.6) is 5.75 Å². The molecule has 4 heteroatoms. The molecule has 0 radical (unpaired) electrons. The fourth-order valence-electron chi connectivity index (χ4n) is 0.814. The Bertz CT molecular complexity index is 310. The van der Waals surface area contributed by atoms with Gasteiger partial charge in [-0.3, -0.25) is 0 Å². The Morgan fingerprint density at radius 1 is 1.43 bits per heavy atom. The highest BCUT2D eigenvalue weighted by molar-refractivity contribution is 14.1. The molecule has 0 spiro atoms. The van der Waals surface area contributed by atoms with Gasteiger partial charge in [-0.2, -0.15) is 0 Å². The van der Waals surface area contributed by atoms with Crippen LogP contribution in [0, 0.1) is 0 Å². The summed E-state index contributed by atoms with van der Waals surface area (Å²) in [6.07, 6.45) is 2.03. The van der Waals surface area contributed by atoms with Gasteiger partial charge in [-0.05, 0) is 52.9 Å². The first-order valence-electron chi connectivity index (χ1n) is 4.01. The summed E-state index contributed by atoms with van der Waals surface area (Å²) < 4.78 is 6.71. The van der Waals surface area contributed by atoms with Crippen LogP contribution in [0.1, 0.15) is 0 Å². The van der Waals surface area contributed by atoms with Crippen molar-refractivity contribution < 1.29 is 4.74 Å². The van der Waals surface area contributed by atoms with Gasteiger partial charge >= 0.3 is 0 Å². The van der Waals surface area contributed by atoms with Crippen LogP contribution in [0.2, 0.25) is 5.02 Å². The van der Waals surface area contributed by atoms with Crippen molar-refractivity contribution in [1.29, 1.82) is 0 Å². The Labute approximate surface area is 111 Å². The van der Waals surface area contributed by atoms with Gasteiger partial charge in [0, 0.05) is 13.9 Å². The predicted octanol–water partition coefficient (Wildman–Crippen LogP) is 4.43. The largest absolute Gasteiger partial charge is 0.490 e. The van der Waals surface area contributed by atoms with Gasteiger partial charge in [0.1, 0.15) is 12.4 Å². The van der Waals surface area contributed by atoms with Crippen molar-refractivity contribution in [2.24, 2.45) is 0 Å². The molecule has 1 nitrogen and oxygen atoms in total. The smallest absolute Gasteiger partial charge is 0.119 e. The number of halogens is 3. The molecule has 0 atom stereocenters. The van der Waals surface area contributed by atoms with E-state index in [1.807, 2.05) is 30.3 Å². The zero-order chi connectivity index (χ0) is 10.4. The minimum absolute atomic E-state index is 0.589. The molecule has 14 heavy (non-hydrogen) atoms. The molecule has 0 amide bonds. The number of alkyl halides is 1. The van der Waals surface area contributed by atoms with Crippen molar-refractivity contribution in [2.45, 2.75) is 0 Å². The molecule has 0 bridgehead atoms. The highest BCUT2D eigenvalue weighted by Crippen LogP contribution is 2.16. The van der Waals surface area contributed by atoms with Crippen LogP contribution < -0.4 is 4.74 Å². The highest BCUT2D eigenvalue weighted by atomic mass is 127. The molecule has 1 rings (SSSR count). The van der Waals surface area contributed by atoms with Gasteiger partial charge in [0.05, 0.1) is 0 Å². The van der Waals surface area contributed by atoms with E-state index in [9.17, 15) is 0 Å². The van der Waals surface area contributed by atoms with Crippen molar-refractivity contribution in [3.05, 3.63) is 38.9 Å². The second-order valence-electron chi connectivity index (χ2n) is 2.55. The Balaban J connectivity index is 2.42. The Morgan fingerprint density at radius 2 is 2.07 bits per heavy atom.